The van der Waals surface area contributed by atoms with E-state index in [1.54, 1.807) is 37.6 Å². The second-order valence-corrected chi connectivity index (χ2v) is 8.43. The minimum atomic E-state index is -0.0162. The fraction of sp³-hybridized carbons (Fsp3) is 0.348. The SMILES string of the molecule is COc1ccc(C(=O)CSc2nnc(CN3CCCCCC3=O)n2-c2ccccn2)cc1. The van der Waals surface area contributed by atoms with E-state index in [-0.39, 0.29) is 17.4 Å². The molecule has 9 heteroatoms. The Morgan fingerprint density at radius 2 is 1.94 bits per heavy atom. The van der Waals surface area contributed by atoms with Crippen LogP contribution in [0.4, 0.5) is 0 Å². The number of ketones is 1. The van der Waals surface area contributed by atoms with Crippen LogP contribution in [-0.4, -0.2) is 55.7 Å². The average Bonchev–Trinajstić information content (AvgIpc) is 3.12. The molecule has 3 aromatic rings. The van der Waals surface area contributed by atoms with Crippen LogP contribution in [0, 0.1) is 0 Å². The highest BCUT2D eigenvalue weighted by Gasteiger charge is 2.22. The minimum Gasteiger partial charge on any atom is -0.497 e. The third-order valence-electron chi connectivity index (χ3n) is 5.33. The van der Waals surface area contributed by atoms with Crippen molar-refractivity contribution in [2.45, 2.75) is 37.4 Å². The fourth-order valence-electron chi connectivity index (χ4n) is 3.58. The molecule has 8 nitrogen and oxygen atoms in total. The van der Waals surface area contributed by atoms with Gasteiger partial charge in [0.25, 0.3) is 0 Å². The quantitative estimate of drug-likeness (QED) is 0.382. The van der Waals surface area contributed by atoms with Gasteiger partial charge in [0.05, 0.1) is 19.4 Å². The first-order chi connectivity index (χ1) is 15.7. The molecular weight excluding hydrogens is 426 g/mol. The lowest BCUT2D eigenvalue weighted by Crippen LogP contribution is -2.31. The number of rotatable bonds is 8. The topological polar surface area (TPSA) is 90.2 Å². The predicted molar refractivity (Wildman–Crippen MR) is 121 cm³/mol. The molecule has 0 aliphatic carbocycles. The second-order valence-electron chi connectivity index (χ2n) is 7.49. The van der Waals surface area contributed by atoms with Crippen molar-refractivity contribution in [3.8, 4) is 11.6 Å². The first-order valence-corrected chi connectivity index (χ1v) is 11.6. The molecule has 1 saturated heterocycles. The van der Waals surface area contributed by atoms with Crippen molar-refractivity contribution in [3.63, 3.8) is 0 Å². The highest BCUT2D eigenvalue weighted by molar-refractivity contribution is 7.99. The van der Waals surface area contributed by atoms with E-state index in [0.29, 0.717) is 47.6 Å². The van der Waals surface area contributed by atoms with Crippen molar-refractivity contribution in [1.29, 1.82) is 0 Å². The van der Waals surface area contributed by atoms with Crippen LogP contribution in [0.3, 0.4) is 0 Å². The number of amides is 1. The zero-order valence-corrected chi connectivity index (χ0v) is 18.8. The molecule has 166 valence electrons. The maximum Gasteiger partial charge on any atom is 0.222 e. The third kappa shape index (κ3) is 5.16. The standard InChI is InChI=1S/C23H25N5O3S/c1-31-18-11-9-17(10-12-18)19(29)16-32-23-26-25-21(28(23)20-7-4-5-13-24-20)15-27-14-6-2-3-8-22(27)30/h4-5,7,9-13H,2-3,6,8,14-16H2,1H3. The van der Waals surface area contributed by atoms with Crippen LogP contribution in [0.5, 0.6) is 5.75 Å². The number of ether oxygens (including phenoxy) is 1. The van der Waals surface area contributed by atoms with Crippen molar-refractivity contribution in [2.75, 3.05) is 19.4 Å². The Balaban J connectivity index is 1.55. The zero-order valence-electron chi connectivity index (χ0n) is 17.9. The number of aromatic nitrogens is 4. The number of pyridine rings is 1. The molecule has 0 atom stereocenters. The number of carbonyl (C=O) groups is 2. The van der Waals surface area contributed by atoms with Crippen LogP contribution in [0.15, 0.2) is 53.8 Å². The maximum absolute atomic E-state index is 12.7. The van der Waals surface area contributed by atoms with Gasteiger partial charge in [0.15, 0.2) is 16.8 Å². The molecule has 0 saturated carbocycles. The highest BCUT2D eigenvalue weighted by Crippen LogP contribution is 2.24. The molecule has 1 fully saturated rings. The van der Waals surface area contributed by atoms with Crippen molar-refractivity contribution in [2.24, 2.45) is 0 Å². The summed E-state index contributed by atoms with van der Waals surface area (Å²) in [6.45, 7) is 1.09. The molecule has 0 spiro atoms. The molecule has 0 radical (unpaired) electrons. The first-order valence-electron chi connectivity index (χ1n) is 10.6. The molecule has 1 aromatic carbocycles. The molecule has 0 unspecified atom stereocenters. The summed E-state index contributed by atoms with van der Waals surface area (Å²) < 4.78 is 6.99. The summed E-state index contributed by atoms with van der Waals surface area (Å²) in [5, 5.41) is 9.25. The Bertz CT molecular complexity index is 1070. The van der Waals surface area contributed by atoms with Gasteiger partial charge in [-0.05, 0) is 49.2 Å². The number of carbonyl (C=O) groups excluding carboxylic acids is 2. The number of hydrogen-bond acceptors (Lipinski definition) is 7. The van der Waals surface area contributed by atoms with Gasteiger partial charge >= 0.3 is 0 Å². The van der Waals surface area contributed by atoms with E-state index >= 15 is 0 Å². The summed E-state index contributed by atoms with van der Waals surface area (Å²) in [4.78, 5) is 31.5. The molecule has 1 aliphatic rings. The number of methoxy groups -OCH3 is 1. The normalized spacial score (nSPS) is 14.3. The number of nitrogens with zero attached hydrogens (tertiary/aromatic N) is 5. The molecule has 32 heavy (non-hydrogen) atoms. The second kappa shape index (κ2) is 10.4. The Morgan fingerprint density at radius 3 is 2.69 bits per heavy atom. The van der Waals surface area contributed by atoms with E-state index < -0.39 is 0 Å². The Labute approximate surface area is 191 Å². The van der Waals surface area contributed by atoms with Gasteiger partial charge in [0, 0.05) is 24.7 Å². The summed E-state index contributed by atoms with van der Waals surface area (Å²) in [6, 6.07) is 12.6. The van der Waals surface area contributed by atoms with Crippen LogP contribution in [0.25, 0.3) is 5.82 Å². The van der Waals surface area contributed by atoms with Gasteiger partial charge in [0.1, 0.15) is 11.6 Å². The van der Waals surface area contributed by atoms with E-state index in [2.05, 4.69) is 15.2 Å². The lowest BCUT2D eigenvalue weighted by atomic mass is 10.1. The van der Waals surface area contributed by atoms with Crippen LogP contribution in [0.1, 0.15) is 41.9 Å². The summed E-state index contributed by atoms with van der Waals surface area (Å²) in [5.41, 5.74) is 0.609. The number of likely N-dealkylation sites (tertiary alicyclic amines) is 1. The lowest BCUT2D eigenvalue weighted by Gasteiger charge is -2.20. The van der Waals surface area contributed by atoms with Crippen molar-refractivity contribution in [3.05, 3.63) is 60.0 Å². The molecule has 0 bridgehead atoms. The minimum absolute atomic E-state index is 0.0162. The van der Waals surface area contributed by atoms with Crippen LogP contribution >= 0.6 is 11.8 Å². The average molecular weight is 452 g/mol. The molecule has 2 aromatic heterocycles. The van der Waals surface area contributed by atoms with Crippen molar-refractivity contribution in [1.82, 2.24) is 24.6 Å². The van der Waals surface area contributed by atoms with E-state index in [1.165, 1.54) is 11.8 Å². The Kier molecular flexibility index (Phi) is 7.16. The van der Waals surface area contributed by atoms with Crippen molar-refractivity contribution < 1.29 is 14.3 Å². The molecule has 3 heterocycles. The van der Waals surface area contributed by atoms with Gasteiger partial charge in [0.2, 0.25) is 5.91 Å². The Morgan fingerprint density at radius 1 is 1.09 bits per heavy atom. The van der Waals surface area contributed by atoms with E-state index in [0.717, 1.165) is 19.3 Å². The summed E-state index contributed by atoms with van der Waals surface area (Å²) in [7, 11) is 1.59. The molecule has 1 amide bonds. The molecule has 0 N–H and O–H groups in total. The number of benzene rings is 1. The Hall–Kier alpha value is -3.20. The third-order valence-corrected chi connectivity index (χ3v) is 6.26. The molecular formula is C23H25N5O3S. The fourth-order valence-corrected chi connectivity index (χ4v) is 4.43. The van der Waals surface area contributed by atoms with Gasteiger partial charge in [-0.2, -0.15) is 0 Å². The zero-order chi connectivity index (χ0) is 22.3. The van der Waals surface area contributed by atoms with Gasteiger partial charge < -0.3 is 9.64 Å². The predicted octanol–water partition coefficient (Wildman–Crippen LogP) is 3.55. The van der Waals surface area contributed by atoms with Gasteiger partial charge in [-0.15, -0.1) is 10.2 Å². The summed E-state index contributed by atoms with van der Waals surface area (Å²) >= 11 is 1.31. The van der Waals surface area contributed by atoms with E-state index in [4.69, 9.17) is 4.74 Å². The number of thioether (sulfide) groups is 1. The highest BCUT2D eigenvalue weighted by atomic mass is 32.2. The molecule has 1 aliphatic heterocycles. The molecule has 4 rings (SSSR count). The first kappa shape index (κ1) is 22.0. The smallest absolute Gasteiger partial charge is 0.222 e. The largest absolute Gasteiger partial charge is 0.497 e. The van der Waals surface area contributed by atoms with E-state index in [1.807, 2.05) is 27.7 Å². The lowest BCUT2D eigenvalue weighted by molar-refractivity contribution is -0.131. The van der Waals surface area contributed by atoms with Gasteiger partial charge in [-0.1, -0.05) is 24.2 Å². The van der Waals surface area contributed by atoms with Crippen molar-refractivity contribution >= 4 is 23.5 Å². The van der Waals surface area contributed by atoms with Crippen LogP contribution in [-0.2, 0) is 11.3 Å². The summed E-state index contributed by atoms with van der Waals surface area (Å²) in [6.07, 6.45) is 5.24. The number of Topliss-reactive ketones (excluding diaryl/α,β-unsaturated/α-hetero) is 1. The maximum atomic E-state index is 12.7. The summed E-state index contributed by atoms with van der Waals surface area (Å²) in [5.74, 6) is 2.34. The number of hydrogen-bond donors (Lipinski definition) is 0. The van der Waals surface area contributed by atoms with Gasteiger partial charge in [-0.25, -0.2) is 4.98 Å². The van der Waals surface area contributed by atoms with E-state index in [9.17, 15) is 9.59 Å². The van der Waals surface area contributed by atoms with Crippen LogP contribution in [0.2, 0.25) is 0 Å². The monoisotopic (exact) mass is 451 g/mol. The van der Waals surface area contributed by atoms with Gasteiger partial charge in [-0.3, -0.25) is 14.2 Å². The van der Waals surface area contributed by atoms with Crippen LogP contribution < -0.4 is 4.74 Å².